The summed E-state index contributed by atoms with van der Waals surface area (Å²) in [5.74, 6) is 0.122. The number of nitrogens with zero attached hydrogens (tertiary/aromatic N) is 2. The first-order valence-corrected chi connectivity index (χ1v) is 11.7. The summed E-state index contributed by atoms with van der Waals surface area (Å²) in [5.41, 5.74) is 1.20. The van der Waals surface area contributed by atoms with Crippen molar-refractivity contribution < 1.29 is 18.7 Å². The zero-order chi connectivity index (χ0) is 21.5. The molecule has 1 atom stereocenters. The molecule has 0 saturated carbocycles. The van der Waals surface area contributed by atoms with Crippen LogP contribution in [0.4, 0.5) is 20.6 Å². The third-order valence-corrected chi connectivity index (χ3v) is 6.52. The zero-order valence-corrected chi connectivity index (χ0v) is 18.3. The number of carbonyl (C=O) groups excluding carboxylic acids is 1. The first-order chi connectivity index (χ1) is 15.2. The summed E-state index contributed by atoms with van der Waals surface area (Å²) in [5, 5.41) is 6.56. The lowest BCUT2D eigenvalue weighted by molar-refractivity contribution is 0.122. The van der Waals surface area contributed by atoms with Gasteiger partial charge in [-0.15, -0.1) is 0 Å². The molecular weight excluding hydrogens is 399 g/mol. The van der Waals surface area contributed by atoms with Crippen LogP contribution in [0.2, 0.25) is 0 Å². The van der Waals surface area contributed by atoms with Crippen LogP contribution in [-0.4, -0.2) is 71.2 Å². The van der Waals surface area contributed by atoms with Gasteiger partial charge in [0.15, 0.2) is 0 Å². The fourth-order valence-corrected chi connectivity index (χ4v) is 4.65. The molecule has 3 heterocycles. The molecule has 31 heavy (non-hydrogen) atoms. The monoisotopic (exact) mass is 434 g/mol. The van der Waals surface area contributed by atoms with Gasteiger partial charge in [-0.25, -0.2) is 9.18 Å². The number of urea groups is 1. The smallest absolute Gasteiger partial charge is 0.322 e. The van der Waals surface area contributed by atoms with E-state index in [1.54, 1.807) is 11.0 Å². The number of carbonyl (C=O) groups is 1. The summed E-state index contributed by atoms with van der Waals surface area (Å²) in [6.45, 7) is 6.52. The summed E-state index contributed by atoms with van der Waals surface area (Å²) >= 11 is 0. The highest BCUT2D eigenvalue weighted by Crippen LogP contribution is 2.28. The minimum absolute atomic E-state index is 0.1000. The highest BCUT2D eigenvalue weighted by atomic mass is 19.1. The van der Waals surface area contributed by atoms with Crippen molar-refractivity contribution in [1.82, 2.24) is 10.6 Å². The average molecular weight is 435 g/mol. The molecule has 0 spiro atoms. The summed E-state index contributed by atoms with van der Waals surface area (Å²) in [6, 6.07) is 5.16. The molecule has 2 N–H and O–H groups in total. The number of hydrogen-bond donors (Lipinski definition) is 2. The van der Waals surface area contributed by atoms with Crippen molar-refractivity contribution in [3.8, 4) is 0 Å². The third-order valence-electron chi connectivity index (χ3n) is 6.52. The molecule has 0 bridgehead atoms. The number of ether oxygens (including phenoxy) is 2. The topological polar surface area (TPSA) is 66.1 Å². The molecule has 4 rings (SSSR count). The van der Waals surface area contributed by atoms with Crippen LogP contribution in [-0.2, 0) is 9.47 Å². The molecule has 0 radical (unpaired) electrons. The van der Waals surface area contributed by atoms with Crippen molar-refractivity contribution in [3.05, 3.63) is 24.0 Å². The minimum Gasteiger partial charge on any atom is -0.381 e. The molecule has 2 amide bonds. The predicted molar refractivity (Wildman–Crippen MR) is 119 cm³/mol. The maximum Gasteiger partial charge on any atom is 0.322 e. The van der Waals surface area contributed by atoms with Gasteiger partial charge in [-0.1, -0.05) is 0 Å². The first kappa shape index (κ1) is 22.3. The molecule has 0 aliphatic carbocycles. The Morgan fingerprint density at radius 2 is 1.87 bits per heavy atom. The van der Waals surface area contributed by atoms with Crippen LogP contribution in [0.3, 0.4) is 0 Å². The molecule has 1 aromatic carbocycles. The van der Waals surface area contributed by atoms with E-state index in [0.29, 0.717) is 56.7 Å². The Morgan fingerprint density at radius 3 is 2.65 bits per heavy atom. The Kier molecular flexibility index (Phi) is 7.99. The summed E-state index contributed by atoms with van der Waals surface area (Å²) in [4.78, 5) is 17.1. The molecule has 3 fully saturated rings. The molecule has 3 saturated heterocycles. The maximum atomic E-state index is 15.1. The summed E-state index contributed by atoms with van der Waals surface area (Å²) < 4.78 is 26.0. The zero-order valence-electron chi connectivity index (χ0n) is 18.3. The van der Waals surface area contributed by atoms with Gasteiger partial charge in [0.1, 0.15) is 5.82 Å². The van der Waals surface area contributed by atoms with Crippen molar-refractivity contribution in [2.45, 2.75) is 38.1 Å². The molecule has 1 unspecified atom stereocenters. The third kappa shape index (κ3) is 6.08. The number of hydrogen-bond acceptors (Lipinski definition) is 5. The molecule has 172 valence electrons. The van der Waals surface area contributed by atoms with E-state index >= 15 is 4.39 Å². The van der Waals surface area contributed by atoms with E-state index in [-0.39, 0.29) is 17.9 Å². The van der Waals surface area contributed by atoms with E-state index in [2.05, 4.69) is 10.6 Å². The van der Waals surface area contributed by atoms with Crippen molar-refractivity contribution in [1.29, 1.82) is 0 Å². The number of amides is 2. The van der Waals surface area contributed by atoms with Gasteiger partial charge < -0.3 is 25.0 Å². The minimum atomic E-state index is -0.287. The molecule has 3 aliphatic rings. The predicted octanol–water partition coefficient (Wildman–Crippen LogP) is 2.75. The van der Waals surface area contributed by atoms with E-state index in [1.165, 1.54) is 6.07 Å². The first-order valence-electron chi connectivity index (χ1n) is 11.7. The van der Waals surface area contributed by atoms with Crippen LogP contribution < -0.4 is 20.4 Å². The molecular formula is C23H35FN4O3. The second kappa shape index (κ2) is 11.1. The Hall–Kier alpha value is -1.90. The fraction of sp³-hybridized carbons (Fsp3) is 0.696. The number of morpholine rings is 1. The van der Waals surface area contributed by atoms with Crippen LogP contribution in [0.25, 0.3) is 0 Å². The van der Waals surface area contributed by atoms with Crippen molar-refractivity contribution in [2.24, 2.45) is 5.92 Å². The Labute approximate surface area is 184 Å². The van der Waals surface area contributed by atoms with Gasteiger partial charge in [-0.3, -0.25) is 4.90 Å². The largest absolute Gasteiger partial charge is 0.381 e. The Balaban J connectivity index is 1.51. The van der Waals surface area contributed by atoms with Gasteiger partial charge >= 0.3 is 6.03 Å². The number of benzene rings is 1. The lowest BCUT2D eigenvalue weighted by Crippen LogP contribution is -2.48. The van der Waals surface area contributed by atoms with Gasteiger partial charge in [0.2, 0.25) is 0 Å². The second-order valence-corrected chi connectivity index (χ2v) is 8.73. The number of anilines is 2. The van der Waals surface area contributed by atoms with Crippen molar-refractivity contribution >= 4 is 17.4 Å². The highest BCUT2D eigenvalue weighted by Gasteiger charge is 2.26. The summed E-state index contributed by atoms with van der Waals surface area (Å²) in [6.07, 6.45) is 4.72. The SMILES string of the molecule is O=C(NC1CCCOCC1)N(CC1CCNCC1)c1ccc(N2CCOCC2)c(F)c1. The van der Waals surface area contributed by atoms with Gasteiger partial charge in [-0.2, -0.15) is 0 Å². The number of piperidine rings is 1. The van der Waals surface area contributed by atoms with E-state index in [1.807, 2.05) is 11.0 Å². The van der Waals surface area contributed by atoms with Gasteiger partial charge in [0, 0.05) is 44.6 Å². The van der Waals surface area contributed by atoms with E-state index in [9.17, 15) is 4.79 Å². The van der Waals surface area contributed by atoms with Crippen LogP contribution >= 0.6 is 0 Å². The fourth-order valence-electron chi connectivity index (χ4n) is 4.65. The Morgan fingerprint density at radius 1 is 1.10 bits per heavy atom. The van der Waals surface area contributed by atoms with Gasteiger partial charge in [-0.05, 0) is 69.3 Å². The molecule has 0 aromatic heterocycles. The lowest BCUT2D eigenvalue weighted by atomic mass is 9.97. The van der Waals surface area contributed by atoms with E-state index < -0.39 is 0 Å². The van der Waals surface area contributed by atoms with Crippen LogP contribution in [0, 0.1) is 11.7 Å². The van der Waals surface area contributed by atoms with Gasteiger partial charge in [0.05, 0.1) is 18.9 Å². The molecule has 1 aromatic rings. The van der Waals surface area contributed by atoms with Crippen molar-refractivity contribution in [2.75, 3.05) is 69.0 Å². The van der Waals surface area contributed by atoms with E-state index in [4.69, 9.17) is 9.47 Å². The average Bonchev–Trinajstić information content (AvgIpc) is 3.07. The van der Waals surface area contributed by atoms with Crippen LogP contribution in [0.1, 0.15) is 32.1 Å². The second-order valence-electron chi connectivity index (χ2n) is 8.73. The lowest BCUT2D eigenvalue weighted by Gasteiger charge is -2.33. The normalized spacial score (nSPS) is 23.3. The van der Waals surface area contributed by atoms with E-state index in [0.717, 1.165) is 51.8 Å². The molecule has 3 aliphatic heterocycles. The Bertz CT molecular complexity index is 715. The quantitative estimate of drug-likeness (QED) is 0.746. The van der Waals surface area contributed by atoms with Gasteiger partial charge in [0.25, 0.3) is 0 Å². The molecule has 8 heteroatoms. The maximum absolute atomic E-state index is 15.1. The number of rotatable bonds is 5. The summed E-state index contributed by atoms with van der Waals surface area (Å²) in [7, 11) is 0. The standard InChI is InChI=1S/C23H35FN4O3/c24-21-16-20(3-4-22(21)27-10-14-31-15-11-27)28(17-18-5-8-25-9-6-18)23(29)26-19-2-1-12-30-13-7-19/h3-4,16,18-19,25H,1-2,5-15,17H2,(H,26,29). The number of nitrogens with one attached hydrogen (secondary N) is 2. The van der Waals surface area contributed by atoms with Crippen LogP contribution in [0.15, 0.2) is 18.2 Å². The van der Waals surface area contributed by atoms with Crippen LogP contribution in [0.5, 0.6) is 0 Å². The number of halogens is 1. The highest BCUT2D eigenvalue weighted by molar-refractivity contribution is 5.92. The molecule has 7 nitrogen and oxygen atoms in total. The van der Waals surface area contributed by atoms with Crippen molar-refractivity contribution in [3.63, 3.8) is 0 Å².